The van der Waals surface area contributed by atoms with Gasteiger partial charge in [0.25, 0.3) is 5.91 Å². The summed E-state index contributed by atoms with van der Waals surface area (Å²) in [4.78, 5) is 10.9. The van der Waals surface area contributed by atoms with Gasteiger partial charge in [-0.1, -0.05) is 20.3 Å². The van der Waals surface area contributed by atoms with Gasteiger partial charge in [-0.05, 0) is 5.92 Å². The molecular weight excluding hydrogens is 158 g/mol. The maximum absolute atomic E-state index is 10.9. The second-order valence-corrected chi connectivity index (χ2v) is 2.96. The summed E-state index contributed by atoms with van der Waals surface area (Å²) in [7, 11) is 0. The largest absolute Gasteiger partial charge is 0.393 e. The molecule has 2 unspecified atom stereocenters. The van der Waals surface area contributed by atoms with Crippen molar-refractivity contribution in [2.45, 2.75) is 26.4 Å². The normalized spacial score (nSPS) is 15.3. The van der Waals surface area contributed by atoms with Crippen LogP contribution in [0.2, 0.25) is 0 Å². The Balaban J connectivity index is 3.56. The Hall–Kier alpha value is -0.610. The van der Waals surface area contributed by atoms with Gasteiger partial charge in [0.15, 0.2) is 6.10 Å². The van der Waals surface area contributed by atoms with Crippen molar-refractivity contribution in [3.63, 3.8) is 0 Å². The van der Waals surface area contributed by atoms with Gasteiger partial charge in [-0.15, -0.1) is 0 Å². The third kappa shape index (κ3) is 4.31. The SMILES string of the molecule is CCC(C)CNC(=O)C(O)CO. The van der Waals surface area contributed by atoms with Gasteiger partial charge in [-0.2, -0.15) is 0 Å². The Bertz CT molecular complexity index is 138. The van der Waals surface area contributed by atoms with Crippen LogP contribution in [0.5, 0.6) is 0 Å². The van der Waals surface area contributed by atoms with Crippen LogP contribution in [0.3, 0.4) is 0 Å². The van der Waals surface area contributed by atoms with Crippen molar-refractivity contribution in [1.82, 2.24) is 5.32 Å². The zero-order chi connectivity index (χ0) is 9.56. The lowest BCUT2D eigenvalue weighted by Crippen LogP contribution is -2.38. The van der Waals surface area contributed by atoms with E-state index in [2.05, 4.69) is 5.32 Å². The number of hydrogen-bond acceptors (Lipinski definition) is 3. The Morgan fingerprint density at radius 1 is 1.58 bits per heavy atom. The zero-order valence-electron chi connectivity index (χ0n) is 7.58. The van der Waals surface area contributed by atoms with Gasteiger partial charge in [0.2, 0.25) is 0 Å². The Morgan fingerprint density at radius 3 is 2.58 bits per heavy atom. The van der Waals surface area contributed by atoms with E-state index in [0.717, 1.165) is 6.42 Å². The van der Waals surface area contributed by atoms with E-state index in [0.29, 0.717) is 12.5 Å². The molecule has 2 atom stereocenters. The first-order valence-corrected chi connectivity index (χ1v) is 4.18. The standard InChI is InChI=1S/C8H17NO3/c1-3-6(2)4-9-8(12)7(11)5-10/h6-7,10-11H,3-5H2,1-2H3,(H,9,12). The van der Waals surface area contributed by atoms with Gasteiger partial charge in [-0.25, -0.2) is 0 Å². The van der Waals surface area contributed by atoms with Gasteiger partial charge >= 0.3 is 0 Å². The summed E-state index contributed by atoms with van der Waals surface area (Å²) in [6.45, 7) is 4.06. The predicted molar refractivity (Wildman–Crippen MR) is 45.6 cm³/mol. The highest BCUT2D eigenvalue weighted by molar-refractivity contribution is 5.80. The smallest absolute Gasteiger partial charge is 0.251 e. The molecule has 0 heterocycles. The van der Waals surface area contributed by atoms with E-state index in [1.165, 1.54) is 0 Å². The quantitative estimate of drug-likeness (QED) is 0.527. The lowest BCUT2D eigenvalue weighted by Gasteiger charge is -2.12. The van der Waals surface area contributed by atoms with Crippen LogP contribution < -0.4 is 5.32 Å². The van der Waals surface area contributed by atoms with E-state index in [9.17, 15) is 4.79 Å². The molecule has 0 aromatic rings. The summed E-state index contributed by atoms with van der Waals surface area (Å²) in [6, 6.07) is 0. The molecule has 3 N–H and O–H groups in total. The molecule has 72 valence electrons. The monoisotopic (exact) mass is 175 g/mol. The second-order valence-electron chi connectivity index (χ2n) is 2.96. The molecule has 0 rings (SSSR count). The average molecular weight is 175 g/mol. The molecule has 0 aromatic carbocycles. The highest BCUT2D eigenvalue weighted by atomic mass is 16.3. The Morgan fingerprint density at radius 2 is 2.17 bits per heavy atom. The van der Waals surface area contributed by atoms with Crippen molar-refractivity contribution in [1.29, 1.82) is 0 Å². The number of aliphatic hydroxyl groups is 2. The lowest BCUT2D eigenvalue weighted by molar-refractivity contribution is -0.131. The maximum atomic E-state index is 10.9. The molecule has 0 aliphatic carbocycles. The molecule has 0 saturated carbocycles. The first-order valence-electron chi connectivity index (χ1n) is 4.18. The van der Waals surface area contributed by atoms with Crippen molar-refractivity contribution < 1.29 is 15.0 Å². The number of nitrogens with one attached hydrogen (secondary N) is 1. The molecule has 0 fully saturated rings. The number of aliphatic hydroxyl groups excluding tert-OH is 2. The zero-order valence-corrected chi connectivity index (χ0v) is 7.58. The van der Waals surface area contributed by atoms with Crippen molar-refractivity contribution in [2.24, 2.45) is 5.92 Å². The van der Waals surface area contributed by atoms with Crippen molar-refractivity contribution in [3.05, 3.63) is 0 Å². The van der Waals surface area contributed by atoms with Gasteiger partial charge in [-0.3, -0.25) is 4.79 Å². The fourth-order valence-electron chi connectivity index (χ4n) is 0.620. The molecule has 0 saturated heterocycles. The van der Waals surface area contributed by atoms with Crippen LogP contribution >= 0.6 is 0 Å². The number of rotatable bonds is 5. The fourth-order valence-corrected chi connectivity index (χ4v) is 0.620. The topological polar surface area (TPSA) is 69.6 Å². The van der Waals surface area contributed by atoms with Crippen molar-refractivity contribution in [3.8, 4) is 0 Å². The summed E-state index contributed by atoms with van der Waals surface area (Å²) in [5.41, 5.74) is 0. The van der Waals surface area contributed by atoms with Crippen molar-refractivity contribution >= 4 is 5.91 Å². The van der Waals surface area contributed by atoms with Crippen LogP contribution in [0.15, 0.2) is 0 Å². The molecule has 0 spiro atoms. The third-order valence-electron chi connectivity index (χ3n) is 1.80. The second kappa shape index (κ2) is 5.97. The van der Waals surface area contributed by atoms with E-state index in [4.69, 9.17) is 10.2 Å². The molecule has 1 amide bonds. The van der Waals surface area contributed by atoms with E-state index in [-0.39, 0.29) is 0 Å². The van der Waals surface area contributed by atoms with E-state index in [1.807, 2.05) is 13.8 Å². The first-order chi connectivity index (χ1) is 5.61. The molecule has 0 aromatic heterocycles. The van der Waals surface area contributed by atoms with Gasteiger partial charge in [0, 0.05) is 6.54 Å². The summed E-state index contributed by atoms with van der Waals surface area (Å²) in [6.07, 6.45) is -0.302. The molecule has 12 heavy (non-hydrogen) atoms. The molecular formula is C8H17NO3. The summed E-state index contributed by atoms with van der Waals surface area (Å²) in [5, 5.41) is 19.8. The van der Waals surface area contributed by atoms with Crippen LogP contribution in [0.4, 0.5) is 0 Å². The molecule has 4 heteroatoms. The van der Waals surface area contributed by atoms with Crippen LogP contribution in [0, 0.1) is 5.92 Å². The highest BCUT2D eigenvalue weighted by Gasteiger charge is 2.12. The van der Waals surface area contributed by atoms with Gasteiger partial charge < -0.3 is 15.5 Å². The molecule has 0 aliphatic heterocycles. The summed E-state index contributed by atoms with van der Waals surface area (Å²) in [5.74, 6) is -0.0994. The van der Waals surface area contributed by atoms with E-state index >= 15 is 0 Å². The molecule has 0 bridgehead atoms. The number of hydrogen-bond donors (Lipinski definition) is 3. The van der Waals surface area contributed by atoms with Crippen LogP contribution in [-0.4, -0.2) is 35.4 Å². The lowest BCUT2D eigenvalue weighted by atomic mass is 10.1. The van der Waals surface area contributed by atoms with Crippen molar-refractivity contribution in [2.75, 3.05) is 13.2 Å². The number of carbonyl (C=O) groups excluding carboxylic acids is 1. The molecule has 0 radical (unpaired) electrons. The van der Waals surface area contributed by atoms with Crippen LogP contribution in [0.1, 0.15) is 20.3 Å². The highest BCUT2D eigenvalue weighted by Crippen LogP contribution is 1.97. The fraction of sp³-hybridized carbons (Fsp3) is 0.875. The molecule has 4 nitrogen and oxygen atoms in total. The van der Waals surface area contributed by atoms with E-state index in [1.54, 1.807) is 0 Å². The first kappa shape index (κ1) is 11.4. The predicted octanol–water partition coefficient (Wildman–Crippen LogP) is -0.498. The number of amides is 1. The third-order valence-corrected chi connectivity index (χ3v) is 1.80. The Kier molecular flexibility index (Phi) is 5.66. The Labute approximate surface area is 72.6 Å². The van der Waals surface area contributed by atoms with Gasteiger partial charge in [0.05, 0.1) is 6.61 Å². The van der Waals surface area contributed by atoms with Crippen LogP contribution in [0.25, 0.3) is 0 Å². The maximum Gasteiger partial charge on any atom is 0.251 e. The number of carbonyl (C=O) groups is 1. The summed E-state index contributed by atoms with van der Waals surface area (Å²) >= 11 is 0. The molecule has 0 aliphatic rings. The van der Waals surface area contributed by atoms with Gasteiger partial charge in [0.1, 0.15) is 0 Å². The minimum Gasteiger partial charge on any atom is -0.393 e. The van der Waals surface area contributed by atoms with Crippen LogP contribution in [-0.2, 0) is 4.79 Å². The minimum atomic E-state index is -1.28. The minimum absolute atomic E-state index is 0.403. The average Bonchev–Trinajstić information content (AvgIpc) is 2.11. The van der Waals surface area contributed by atoms with E-state index < -0.39 is 18.6 Å². The summed E-state index contributed by atoms with van der Waals surface area (Å²) < 4.78 is 0.